The summed E-state index contributed by atoms with van der Waals surface area (Å²) in [6, 6.07) is 14.7. The number of hydroxylamine groups is 2. The molecule has 2 heterocycles. The summed E-state index contributed by atoms with van der Waals surface area (Å²) >= 11 is 0. The third-order valence-electron chi connectivity index (χ3n) is 4.98. The molecule has 28 heavy (non-hydrogen) atoms. The van der Waals surface area contributed by atoms with Crippen LogP contribution in [0.15, 0.2) is 54.6 Å². The molecule has 0 bridgehead atoms. The van der Waals surface area contributed by atoms with Crippen molar-refractivity contribution < 1.29 is 24.0 Å². The topological polar surface area (TPSA) is 84.0 Å². The number of carbonyl (C=O) groups excluding carboxylic acids is 4. The van der Waals surface area contributed by atoms with Crippen molar-refractivity contribution in [3.8, 4) is 0 Å². The van der Waals surface area contributed by atoms with Gasteiger partial charge in [-0.2, -0.15) is 0 Å². The van der Waals surface area contributed by atoms with Crippen molar-refractivity contribution in [3.63, 3.8) is 0 Å². The highest BCUT2D eigenvalue weighted by molar-refractivity contribution is 6.20. The molecule has 2 aromatic rings. The van der Waals surface area contributed by atoms with Gasteiger partial charge in [0.05, 0.1) is 17.5 Å². The standard InChI is InChI=1S/C21H18N2O5/c24-18(13-14-7-2-1-3-8-14)22-12-6-11-17(22)21(27)28-23-19(25)15-9-4-5-10-16(15)20(23)26/h1-5,7-10,17H,6,11-13H2. The Morgan fingerprint density at radius 3 is 2.18 bits per heavy atom. The van der Waals surface area contributed by atoms with Crippen molar-refractivity contribution in [1.82, 2.24) is 9.96 Å². The van der Waals surface area contributed by atoms with E-state index in [4.69, 9.17) is 4.84 Å². The Kier molecular flexibility index (Phi) is 4.65. The van der Waals surface area contributed by atoms with Gasteiger partial charge in [0.15, 0.2) is 0 Å². The van der Waals surface area contributed by atoms with Crippen molar-refractivity contribution in [2.45, 2.75) is 25.3 Å². The predicted molar refractivity (Wildman–Crippen MR) is 97.9 cm³/mol. The van der Waals surface area contributed by atoms with Crippen LogP contribution in [0.4, 0.5) is 0 Å². The highest BCUT2D eigenvalue weighted by Gasteiger charge is 2.42. The van der Waals surface area contributed by atoms with Gasteiger partial charge in [0.2, 0.25) is 5.91 Å². The number of fused-ring (bicyclic) bond motifs is 1. The summed E-state index contributed by atoms with van der Waals surface area (Å²) in [7, 11) is 0. The fraction of sp³-hybridized carbons (Fsp3) is 0.238. The Bertz CT molecular complexity index is 921. The third-order valence-corrected chi connectivity index (χ3v) is 4.98. The number of rotatable bonds is 4. The summed E-state index contributed by atoms with van der Waals surface area (Å²) in [4.78, 5) is 56.6. The highest BCUT2D eigenvalue weighted by atomic mass is 16.7. The van der Waals surface area contributed by atoms with Crippen LogP contribution in [0.5, 0.6) is 0 Å². The molecular weight excluding hydrogens is 360 g/mol. The number of benzene rings is 2. The summed E-state index contributed by atoms with van der Waals surface area (Å²) in [5.74, 6) is -2.30. The van der Waals surface area contributed by atoms with E-state index in [9.17, 15) is 19.2 Å². The van der Waals surface area contributed by atoms with Crippen LogP contribution in [0.2, 0.25) is 0 Å². The van der Waals surface area contributed by atoms with E-state index in [0.717, 1.165) is 5.56 Å². The molecule has 7 heteroatoms. The fourth-order valence-electron chi connectivity index (χ4n) is 3.58. The van der Waals surface area contributed by atoms with Crippen LogP contribution in [0, 0.1) is 0 Å². The molecule has 0 radical (unpaired) electrons. The molecular formula is C21H18N2O5. The second-order valence-corrected chi connectivity index (χ2v) is 6.77. The molecule has 2 aliphatic heterocycles. The molecule has 1 saturated heterocycles. The Morgan fingerprint density at radius 1 is 0.929 bits per heavy atom. The lowest BCUT2D eigenvalue weighted by atomic mass is 10.1. The first-order valence-corrected chi connectivity index (χ1v) is 9.09. The molecule has 2 aliphatic rings. The molecule has 0 aromatic heterocycles. The maximum absolute atomic E-state index is 12.6. The zero-order chi connectivity index (χ0) is 19.7. The number of hydrogen-bond acceptors (Lipinski definition) is 5. The molecule has 3 amide bonds. The van der Waals surface area contributed by atoms with E-state index in [-0.39, 0.29) is 23.5 Å². The average molecular weight is 378 g/mol. The summed E-state index contributed by atoms with van der Waals surface area (Å²) in [5, 5.41) is 0.491. The average Bonchev–Trinajstić information content (AvgIpc) is 3.29. The predicted octanol–water partition coefficient (Wildman–Crippen LogP) is 1.97. The van der Waals surface area contributed by atoms with E-state index >= 15 is 0 Å². The zero-order valence-electron chi connectivity index (χ0n) is 15.0. The molecule has 0 aliphatic carbocycles. The van der Waals surface area contributed by atoms with E-state index in [1.807, 2.05) is 30.3 Å². The van der Waals surface area contributed by atoms with Gasteiger partial charge in [0.1, 0.15) is 6.04 Å². The third kappa shape index (κ3) is 3.15. The van der Waals surface area contributed by atoms with Gasteiger partial charge in [0.25, 0.3) is 11.8 Å². The van der Waals surface area contributed by atoms with Gasteiger partial charge in [-0.25, -0.2) is 4.79 Å². The molecule has 0 spiro atoms. The molecule has 1 fully saturated rings. The van der Waals surface area contributed by atoms with E-state index in [1.165, 1.54) is 17.0 Å². The number of likely N-dealkylation sites (tertiary alicyclic amines) is 1. The maximum atomic E-state index is 12.6. The van der Waals surface area contributed by atoms with Gasteiger partial charge in [-0.15, -0.1) is 0 Å². The fourth-order valence-corrected chi connectivity index (χ4v) is 3.58. The van der Waals surface area contributed by atoms with Gasteiger partial charge >= 0.3 is 5.97 Å². The number of carbonyl (C=O) groups is 4. The second-order valence-electron chi connectivity index (χ2n) is 6.77. The van der Waals surface area contributed by atoms with Gasteiger partial charge < -0.3 is 9.74 Å². The van der Waals surface area contributed by atoms with Gasteiger partial charge in [0, 0.05) is 6.54 Å². The number of amides is 3. The summed E-state index contributed by atoms with van der Waals surface area (Å²) in [5.41, 5.74) is 1.25. The van der Waals surface area contributed by atoms with Crippen LogP contribution in [0.25, 0.3) is 0 Å². The minimum Gasteiger partial charge on any atom is -0.328 e. The number of hydrogen-bond donors (Lipinski definition) is 0. The molecule has 7 nitrogen and oxygen atoms in total. The zero-order valence-corrected chi connectivity index (χ0v) is 15.0. The molecule has 1 atom stereocenters. The van der Waals surface area contributed by atoms with Crippen LogP contribution in [0.3, 0.4) is 0 Å². The first-order valence-electron chi connectivity index (χ1n) is 9.09. The Morgan fingerprint density at radius 2 is 1.54 bits per heavy atom. The minimum absolute atomic E-state index is 0.178. The second kappa shape index (κ2) is 7.26. The van der Waals surface area contributed by atoms with Crippen LogP contribution in [0.1, 0.15) is 39.1 Å². The molecule has 0 saturated carbocycles. The monoisotopic (exact) mass is 378 g/mol. The number of nitrogens with zero attached hydrogens (tertiary/aromatic N) is 2. The summed E-state index contributed by atoms with van der Waals surface area (Å²) in [6.07, 6.45) is 1.27. The van der Waals surface area contributed by atoms with E-state index in [0.29, 0.717) is 24.4 Å². The van der Waals surface area contributed by atoms with Crippen molar-refractivity contribution >= 4 is 23.7 Å². The van der Waals surface area contributed by atoms with E-state index in [2.05, 4.69) is 0 Å². The molecule has 2 aromatic carbocycles. The Labute approximate surface area is 161 Å². The molecule has 142 valence electrons. The normalized spacial score (nSPS) is 18.4. The van der Waals surface area contributed by atoms with Gasteiger partial charge in [-0.1, -0.05) is 47.5 Å². The first kappa shape index (κ1) is 17.9. The molecule has 0 N–H and O–H groups in total. The van der Waals surface area contributed by atoms with E-state index in [1.54, 1.807) is 12.1 Å². The smallest absolute Gasteiger partial charge is 0.328 e. The lowest BCUT2D eigenvalue weighted by molar-refractivity contribution is -0.175. The van der Waals surface area contributed by atoms with Gasteiger partial charge in [-0.3, -0.25) is 14.4 Å². The molecule has 1 unspecified atom stereocenters. The van der Waals surface area contributed by atoms with Gasteiger partial charge in [-0.05, 0) is 30.5 Å². The Balaban J connectivity index is 1.45. The summed E-state index contributed by atoms with van der Waals surface area (Å²) in [6.45, 7) is 0.438. The summed E-state index contributed by atoms with van der Waals surface area (Å²) < 4.78 is 0. The van der Waals surface area contributed by atoms with E-state index < -0.39 is 23.8 Å². The lowest BCUT2D eigenvalue weighted by Crippen LogP contribution is -2.45. The van der Waals surface area contributed by atoms with Crippen LogP contribution in [-0.2, 0) is 20.8 Å². The largest absolute Gasteiger partial charge is 0.355 e. The highest BCUT2D eigenvalue weighted by Crippen LogP contribution is 2.25. The Hall–Kier alpha value is -3.48. The first-order chi connectivity index (χ1) is 13.6. The van der Waals surface area contributed by atoms with Crippen molar-refractivity contribution in [2.75, 3.05) is 6.54 Å². The van der Waals surface area contributed by atoms with Crippen molar-refractivity contribution in [3.05, 3.63) is 71.3 Å². The van der Waals surface area contributed by atoms with Crippen LogP contribution in [-0.4, -0.2) is 46.2 Å². The lowest BCUT2D eigenvalue weighted by Gasteiger charge is -2.24. The SMILES string of the molecule is O=C(ON1C(=O)c2ccccc2C1=O)C1CCCN1C(=O)Cc1ccccc1. The van der Waals surface area contributed by atoms with Crippen LogP contribution >= 0.6 is 0 Å². The quantitative estimate of drug-likeness (QED) is 0.760. The van der Waals surface area contributed by atoms with Crippen molar-refractivity contribution in [1.29, 1.82) is 0 Å². The van der Waals surface area contributed by atoms with Crippen molar-refractivity contribution in [2.24, 2.45) is 0 Å². The maximum Gasteiger partial charge on any atom is 0.355 e. The minimum atomic E-state index is -0.805. The van der Waals surface area contributed by atoms with Crippen LogP contribution < -0.4 is 0 Å². The number of imide groups is 1. The molecule has 4 rings (SSSR count).